The normalized spacial score (nSPS) is 29.6. The van der Waals surface area contributed by atoms with Crippen LogP contribution in [0.1, 0.15) is 62.3 Å². The third kappa shape index (κ3) is 5.06. The van der Waals surface area contributed by atoms with Crippen molar-refractivity contribution in [2.24, 2.45) is 5.92 Å². The van der Waals surface area contributed by atoms with Gasteiger partial charge in [-0.15, -0.1) is 0 Å². The van der Waals surface area contributed by atoms with Crippen molar-refractivity contribution >= 4 is 17.7 Å². The summed E-state index contributed by atoms with van der Waals surface area (Å²) < 4.78 is 11.1. The van der Waals surface area contributed by atoms with Crippen LogP contribution in [0.2, 0.25) is 0 Å². The minimum atomic E-state index is 0.0183. The van der Waals surface area contributed by atoms with E-state index >= 15 is 0 Å². The van der Waals surface area contributed by atoms with Crippen LogP contribution >= 0.6 is 11.8 Å². The van der Waals surface area contributed by atoms with Crippen LogP contribution in [0.25, 0.3) is 0 Å². The summed E-state index contributed by atoms with van der Waals surface area (Å²) in [5, 5.41) is 10.9. The lowest BCUT2D eigenvalue weighted by Crippen LogP contribution is -2.51. The van der Waals surface area contributed by atoms with Crippen LogP contribution < -0.4 is 10.6 Å². The van der Waals surface area contributed by atoms with Crippen molar-refractivity contribution in [3.05, 3.63) is 17.5 Å². The third-order valence-electron chi connectivity index (χ3n) is 6.14. The number of thioether (sulfide) groups is 1. The van der Waals surface area contributed by atoms with Gasteiger partial charge >= 0.3 is 0 Å². The predicted octanol–water partition coefficient (Wildman–Crippen LogP) is 2.84. The molecule has 150 valence electrons. The summed E-state index contributed by atoms with van der Waals surface area (Å²) >= 11 is 2.05. The molecule has 1 aromatic heterocycles. The maximum absolute atomic E-state index is 12.6. The summed E-state index contributed by atoms with van der Waals surface area (Å²) in [6, 6.07) is 2.95. The average Bonchev–Trinajstić information content (AvgIpc) is 3.45. The molecule has 1 aromatic rings. The Balaban J connectivity index is 1.24. The summed E-state index contributed by atoms with van der Waals surface area (Å²) in [6.45, 7) is 0.449. The molecule has 4 rings (SSSR count). The van der Waals surface area contributed by atoms with E-state index in [2.05, 4.69) is 15.8 Å². The van der Waals surface area contributed by atoms with Crippen LogP contribution in [0.3, 0.4) is 0 Å². The highest BCUT2D eigenvalue weighted by Gasteiger charge is 2.35. The van der Waals surface area contributed by atoms with E-state index in [0.29, 0.717) is 24.5 Å². The van der Waals surface area contributed by atoms with E-state index in [4.69, 9.17) is 9.26 Å². The van der Waals surface area contributed by atoms with Crippen molar-refractivity contribution in [1.82, 2.24) is 15.8 Å². The lowest BCUT2D eigenvalue weighted by Gasteiger charge is -2.38. The van der Waals surface area contributed by atoms with Crippen LogP contribution in [0.5, 0.6) is 0 Å². The molecular weight excluding hydrogens is 362 g/mol. The topological polar surface area (TPSA) is 76.4 Å². The van der Waals surface area contributed by atoms with Crippen molar-refractivity contribution in [3.8, 4) is 0 Å². The van der Waals surface area contributed by atoms with E-state index in [1.54, 1.807) is 7.11 Å². The van der Waals surface area contributed by atoms with Gasteiger partial charge in [0.05, 0.1) is 12.6 Å². The number of amides is 1. The highest BCUT2D eigenvalue weighted by molar-refractivity contribution is 7.99. The Morgan fingerprint density at radius 3 is 2.81 bits per heavy atom. The first kappa shape index (κ1) is 19.3. The Morgan fingerprint density at radius 1 is 1.26 bits per heavy atom. The van der Waals surface area contributed by atoms with Gasteiger partial charge in [0.25, 0.3) is 0 Å². The Labute approximate surface area is 165 Å². The van der Waals surface area contributed by atoms with Gasteiger partial charge in [0.1, 0.15) is 11.5 Å². The molecule has 0 bridgehead atoms. The second-order valence-electron chi connectivity index (χ2n) is 8.16. The van der Waals surface area contributed by atoms with Crippen molar-refractivity contribution in [3.63, 3.8) is 0 Å². The summed E-state index contributed by atoms with van der Waals surface area (Å²) in [4.78, 5) is 12.6. The standard InChI is InChI=1S/C20H31N3O3S/c1-25-19-10-14(4-5-17(19)22-15-6-8-27-9-7-15)20(24)21-12-16-11-18(26-23-16)13-2-3-13/h11,13-15,17,19,22H,2-10,12H2,1H3,(H,21,24)/t14-,17+,19+/m0/s1. The fraction of sp³-hybridized carbons (Fsp3) is 0.800. The smallest absolute Gasteiger partial charge is 0.223 e. The molecule has 2 aliphatic carbocycles. The van der Waals surface area contributed by atoms with Gasteiger partial charge < -0.3 is 19.9 Å². The Hall–Kier alpha value is -1.05. The predicted molar refractivity (Wildman–Crippen MR) is 106 cm³/mol. The zero-order valence-corrected chi connectivity index (χ0v) is 16.9. The number of carbonyl (C=O) groups is 1. The van der Waals surface area contributed by atoms with Crippen LogP contribution in [0.4, 0.5) is 0 Å². The monoisotopic (exact) mass is 393 g/mol. The summed E-state index contributed by atoms with van der Waals surface area (Å²) in [5.74, 6) is 4.14. The van der Waals surface area contributed by atoms with Gasteiger partial charge in [0.2, 0.25) is 5.91 Å². The molecule has 6 nitrogen and oxygen atoms in total. The number of aromatic nitrogens is 1. The zero-order valence-electron chi connectivity index (χ0n) is 16.1. The van der Waals surface area contributed by atoms with Gasteiger partial charge in [-0.05, 0) is 56.5 Å². The lowest BCUT2D eigenvalue weighted by atomic mass is 9.82. The van der Waals surface area contributed by atoms with E-state index in [0.717, 1.165) is 30.7 Å². The molecule has 3 aliphatic rings. The molecule has 1 amide bonds. The van der Waals surface area contributed by atoms with Crippen LogP contribution in [-0.2, 0) is 16.1 Å². The van der Waals surface area contributed by atoms with E-state index in [1.165, 1.54) is 37.2 Å². The minimum Gasteiger partial charge on any atom is -0.380 e. The fourth-order valence-electron chi connectivity index (χ4n) is 4.28. The molecule has 2 N–H and O–H groups in total. The number of nitrogens with one attached hydrogen (secondary N) is 2. The molecule has 0 unspecified atom stereocenters. The number of methoxy groups -OCH3 is 1. The van der Waals surface area contributed by atoms with Gasteiger partial charge in [-0.1, -0.05) is 5.16 Å². The fourth-order valence-corrected chi connectivity index (χ4v) is 5.39. The van der Waals surface area contributed by atoms with Crippen LogP contribution in [0.15, 0.2) is 10.6 Å². The first-order chi connectivity index (χ1) is 13.2. The second kappa shape index (κ2) is 8.97. The molecule has 7 heteroatoms. The van der Waals surface area contributed by atoms with E-state index in [9.17, 15) is 4.79 Å². The maximum Gasteiger partial charge on any atom is 0.223 e. The first-order valence-electron chi connectivity index (χ1n) is 10.3. The lowest BCUT2D eigenvalue weighted by molar-refractivity contribution is -0.128. The van der Waals surface area contributed by atoms with E-state index < -0.39 is 0 Å². The molecule has 1 saturated heterocycles. The van der Waals surface area contributed by atoms with Gasteiger partial charge in [-0.25, -0.2) is 0 Å². The Bertz CT molecular complexity index is 628. The second-order valence-corrected chi connectivity index (χ2v) is 9.38. The molecule has 0 aromatic carbocycles. The first-order valence-corrected chi connectivity index (χ1v) is 11.5. The third-order valence-corrected chi connectivity index (χ3v) is 7.19. The Morgan fingerprint density at radius 2 is 2.07 bits per heavy atom. The van der Waals surface area contributed by atoms with Crippen molar-refractivity contribution in [2.45, 2.75) is 75.6 Å². The molecule has 3 fully saturated rings. The highest BCUT2D eigenvalue weighted by Crippen LogP contribution is 2.40. The van der Waals surface area contributed by atoms with Crippen molar-refractivity contribution in [2.75, 3.05) is 18.6 Å². The quantitative estimate of drug-likeness (QED) is 0.742. The summed E-state index contributed by atoms with van der Waals surface area (Å²) in [7, 11) is 1.77. The maximum atomic E-state index is 12.6. The highest BCUT2D eigenvalue weighted by atomic mass is 32.2. The van der Waals surface area contributed by atoms with Gasteiger partial charge in [-0.3, -0.25) is 4.79 Å². The molecule has 2 heterocycles. The molecule has 0 radical (unpaired) electrons. The van der Waals surface area contributed by atoms with Crippen molar-refractivity contribution in [1.29, 1.82) is 0 Å². The van der Waals surface area contributed by atoms with Gasteiger partial charge in [-0.2, -0.15) is 11.8 Å². The minimum absolute atomic E-state index is 0.0183. The zero-order chi connectivity index (χ0) is 18.6. The molecule has 27 heavy (non-hydrogen) atoms. The van der Waals surface area contributed by atoms with E-state index in [-0.39, 0.29) is 17.9 Å². The van der Waals surface area contributed by atoms with E-state index in [1.807, 2.05) is 17.8 Å². The van der Waals surface area contributed by atoms with Crippen molar-refractivity contribution < 1.29 is 14.1 Å². The summed E-state index contributed by atoms with van der Waals surface area (Å²) in [5.41, 5.74) is 0.819. The molecule has 2 saturated carbocycles. The number of nitrogens with zero attached hydrogens (tertiary/aromatic N) is 1. The molecule has 1 aliphatic heterocycles. The molecular formula is C20H31N3O3S. The van der Waals surface area contributed by atoms with Crippen LogP contribution in [0, 0.1) is 5.92 Å². The summed E-state index contributed by atoms with van der Waals surface area (Å²) in [6.07, 6.45) is 7.66. The number of hydrogen-bond acceptors (Lipinski definition) is 6. The number of rotatable bonds is 7. The molecule has 0 spiro atoms. The number of ether oxygens (including phenoxy) is 1. The molecule has 3 atom stereocenters. The largest absolute Gasteiger partial charge is 0.380 e. The van der Waals surface area contributed by atoms with Gasteiger partial charge in [0.15, 0.2) is 0 Å². The average molecular weight is 394 g/mol. The number of hydrogen-bond donors (Lipinski definition) is 2. The van der Waals surface area contributed by atoms with Crippen LogP contribution in [-0.4, -0.2) is 47.9 Å². The van der Waals surface area contributed by atoms with Gasteiger partial charge in [0, 0.05) is 37.1 Å². The number of carbonyl (C=O) groups excluding carboxylic acids is 1. The SMILES string of the molecule is CO[C@@H]1C[C@@H](C(=O)NCc2cc(C3CC3)on2)CC[C@H]1NC1CCSCC1. The Kier molecular flexibility index (Phi) is 6.40.